The largest absolute Gasteiger partial charge is 0.378 e. The number of nitrogens with zero attached hydrogens (tertiary/aromatic N) is 4. The number of hydrogen-bond acceptors (Lipinski definition) is 4. The van der Waals surface area contributed by atoms with Crippen LogP contribution in [0.15, 0.2) is 24.5 Å². The summed E-state index contributed by atoms with van der Waals surface area (Å²) in [6, 6.07) is 4.32. The van der Waals surface area contributed by atoms with Gasteiger partial charge in [-0.25, -0.2) is 0 Å². The van der Waals surface area contributed by atoms with Crippen LogP contribution in [-0.4, -0.2) is 63.9 Å². The summed E-state index contributed by atoms with van der Waals surface area (Å²) in [5.74, 6) is 0.343. The molecule has 0 aromatic carbocycles. The number of nitrogens with one attached hydrogen (secondary N) is 1. The van der Waals surface area contributed by atoms with E-state index in [0.29, 0.717) is 50.4 Å². The Balaban J connectivity index is 1.22. The predicted molar refractivity (Wildman–Crippen MR) is 106 cm³/mol. The minimum Gasteiger partial charge on any atom is -0.378 e. The van der Waals surface area contributed by atoms with Crippen molar-refractivity contribution in [2.45, 2.75) is 38.3 Å². The van der Waals surface area contributed by atoms with E-state index in [0.717, 1.165) is 43.6 Å². The fraction of sp³-hybridized carbons (Fsp3) is 0.571. The second-order valence-corrected chi connectivity index (χ2v) is 8.23. The van der Waals surface area contributed by atoms with Crippen molar-refractivity contribution in [2.75, 3.05) is 32.8 Å². The van der Waals surface area contributed by atoms with E-state index in [2.05, 4.69) is 15.0 Å². The van der Waals surface area contributed by atoms with Gasteiger partial charge in [0.05, 0.1) is 30.7 Å². The van der Waals surface area contributed by atoms with Gasteiger partial charge >= 0.3 is 0 Å². The number of carbonyl (C=O) groups excluding carboxylic acids is 2. The lowest BCUT2D eigenvalue weighted by Crippen LogP contribution is -2.41. The van der Waals surface area contributed by atoms with E-state index in [-0.39, 0.29) is 11.8 Å². The van der Waals surface area contributed by atoms with Crippen molar-refractivity contribution in [3.8, 4) is 0 Å². The highest BCUT2D eigenvalue weighted by Crippen LogP contribution is 2.36. The van der Waals surface area contributed by atoms with Crippen LogP contribution in [0.3, 0.4) is 0 Å². The van der Waals surface area contributed by atoms with Crippen LogP contribution in [0.5, 0.6) is 0 Å². The minimum atomic E-state index is -0.00871. The van der Waals surface area contributed by atoms with Crippen molar-refractivity contribution in [2.24, 2.45) is 5.92 Å². The highest BCUT2D eigenvalue weighted by Gasteiger charge is 2.30. The number of carbonyl (C=O) groups is 2. The summed E-state index contributed by atoms with van der Waals surface area (Å²) in [6.45, 7) is 3.84. The van der Waals surface area contributed by atoms with E-state index in [1.54, 1.807) is 6.20 Å². The van der Waals surface area contributed by atoms with Gasteiger partial charge in [0.15, 0.2) is 0 Å². The summed E-state index contributed by atoms with van der Waals surface area (Å²) in [7, 11) is 0. The summed E-state index contributed by atoms with van der Waals surface area (Å²) in [5.41, 5.74) is 2.44. The molecule has 2 aliphatic heterocycles. The molecule has 1 saturated carbocycles. The van der Waals surface area contributed by atoms with Crippen LogP contribution >= 0.6 is 0 Å². The molecule has 3 aliphatic rings. The Bertz CT molecular complexity index is 907. The van der Waals surface area contributed by atoms with Crippen molar-refractivity contribution in [3.63, 3.8) is 0 Å². The molecule has 154 valence electrons. The Labute approximate surface area is 169 Å². The van der Waals surface area contributed by atoms with Crippen LogP contribution < -0.4 is 5.32 Å². The molecule has 2 fully saturated rings. The average molecular weight is 397 g/mol. The first kappa shape index (κ1) is 18.4. The average Bonchev–Trinajstić information content (AvgIpc) is 3.33. The smallest absolute Gasteiger partial charge is 0.267 e. The van der Waals surface area contributed by atoms with Gasteiger partial charge in [-0.3, -0.25) is 14.3 Å². The molecule has 0 bridgehead atoms. The van der Waals surface area contributed by atoms with E-state index in [9.17, 15) is 9.59 Å². The van der Waals surface area contributed by atoms with Crippen LogP contribution in [0.25, 0.3) is 0 Å². The highest BCUT2D eigenvalue weighted by molar-refractivity contribution is 5.95. The topological polar surface area (TPSA) is 81.4 Å². The third kappa shape index (κ3) is 3.69. The maximum Gasteiger partial charge on any atom is 0.267 e. The van der Waals surface area contributed by atoms with Gasteiger partial charge in [0.25, 0.3) is 11.8 Å². The molecular weight excluding hydrogens is 370 g/mol. The number of aromatic nitrogens is 3. The van der Waals surface area contributed by atoms with E-state index < -0.39 is 0 Å². The van der Waals surface area contributed by atoms with Crippen molar-refractivity contribution in [3.05, 3.63) is 41.5 Å². The van der Waals surface area contributed by atoms with Crippen molar-refractivity contribution in [1.82, 2.24) is 24.6 Å². The van der Waals surface area contributed by atoms with Crippen molar-refractivity contribution in [1.29, 1.82) is 0 Å². The van der Waals surface area contributed by atoms with Crippen LogP contribution in [0.1, 0.15) is 51.8 Å². The standard InChI is InChI=1S/C21H27N5O3/c27-20(18-2-1-6-25(18)16-3-4-16)22-13-15-5-7-26-19(12-15)17(14-23-26)21(28)24-8-10-29-11-9-24/h1-2,6,14-16H,3-5,7-13H2,(H,22,27)/t15-/m1/s1. The maximum absolute atomic E-state index is 12.9. The highest BCUT2D eigenvalue weighted by atomic mass is 16.5. The maximum atomic E-state index is 12.9. The first-order valence-corrected chi connectivity index (χ1v) is 10.6. The normalized spacial score (nSPS) is 21.7. The molecule has 2 aromatic rings. The van der Waals surface area contributed by atoms with Crippen LogP contribution in [0.4, 0.5) is 0 Å². The van der Waals surface area contributed by atoms with E-state index >= 15 is 0 Å². The second-order valence-electron chi connectivity index (χ2n) is 8.23. The SMILES string of the molecule is O=C(NC[C@@H]1CCn2ncc(C(=O)N3CCOCC3)c2C1)c1cccn1C1CC1. The van der Waals surface area contributed by atoms with Gasteiger partial charge in [-0.15, -0.1) is 0 Å². The van der Waals surface area contributed by atoms with Crippen LogP contribution in [0, 0.1) is 5.92 Å². The van der Waals surface area contributed by atoms with Gasteiger partial charge < -0.3 is 19.5 Å². The van der Waals surface area contributed by atoms with Crippen molar-refractivity contribution >= 4 is 11.8 Å². The van der Waals surface area contributed by atoms with Gasteiger partial charge in [0, 0.05) is 38.4 Å². The summed E-state index contributed by atoms with van der Waals surface area (Å²) in [5, 5.41) is 7.54. The van der Waals surface area contributed by atoms with Gasteiger partial charge in [-0.1, -0.05) is 0 Å². The van der Waals surface area contributed by atoms with E-state index in [1.165, 1.54) is 0 Å². The predicted octanol–water partition coefficient (Wildman–Crippen LogP) is 1.48. The van der Waals surface area contributed by atoms with Crippen LogP contribution in [-0.2, 0) is 17.7 Å². The van der Waals surface area contributed by atoms with Gasteiger partial charge in [0.1, 0.15) is 5.69 Å². The summed E-state index contributed by atoms with van der Waals surface area (Å²) < 4.78 is 9.39. The molecule has 8 nitrogen and oxygen atoms in total. The monoisotopic (exact) mass is 397 g/mol. The third-order valence-corrected chi connectivity index (χ3v) is 6.21. The minimum absolute atomic E-state index is 0.00871. The molecule has 1 aliphatic carbocycles. The molecule has 2 aromatic heterocycles. The molecule has 4 heterocycles. The number of hydrogen-bond donors (Lipinski definition) is 1. The zero-order valence-corrected chi connectivity index (χ0v) is 16.5. The van der Waals surface area contributed by atoms with Crippen LogP contribution in [0.2, 0.25) is 0 Å². The Morgan fingerprint density at radius 2 is 2.00 bits per heavy atom. The van der Waals surface area contributed by atoms with E-state index in [4.69, 9.17) is 4.74 Å². The molecular formula is C21H27N5O3. The van der Waals surface area contributed by atoms with Crippen molar-refractivity contribution < 1.29 is 14.3 Å². The number of fused-ring (bicyclic) bond motifs is 1. The zero-order valence-electron chi connectivity index (χ0n) is 16.5. The first-order chi connectivity index (χ1) is 14.2. The molecule has 1 atom stereocenters. The Morgan fingerprint density at radius 1 is 1.17 bits per heavy atom. The molecule has 5 rings (SSSR count). The number of rotatable bonds is 5. The Kier molecular flexibility index (Phi) is 4.87. The summed E-state index contributed by atoms with van der Waals surface area (Å²) in [4.78, 5) is 27.4. The Morgan fingerprint density at radius 3 is 2.79 bits per heavy atom. The lowest BCUT2D eigenvalue weighted by molar-refractivity contribution is 0.0301. The molecule has 8 heteroatoms. The molecule has 0 unspecified atom stereocenters. The quantitative estimate of drug-likeness (QED) is 0.829. The lowest BCUT2D eigenvalue weighted by Gasteiger charge is -2.28. The summed E-state index contributed by atoms with van der Waals surface area (Å²) >= 11 is 0. The number of morpholine rings is 1. The van der Waals surface area contributed by atoms with Gasteiger partial charge in [-0.05, 0) is 43.7 Å². The fourth-order valence-corrected chi connectivity index (χ4v) is 4.37. The molecule has 1 N–H and O–H groups in total. The fourth-order valence-electron chi connectivity index (χ4n) is 4.37. The number of aryl methyl sites for hydroxylation is 1. The molecule has 29 heavy (non-hydrogen) atoms. The molecule has 1 saturated heterocycles. The third-order valence-electron chi connectivity index (χ3n) is 6.21. The summed E-state index contributed by atoms with van der Waals surface area (Å²) in [6.07, 6.45) is 7.72. The first-order valence-electron chi connectivity index (χ1n) is 10.6. The van der Waals surface area contributed by atoms with E-state index in [1.807, 2.05) is 27.9 Å². The molecule has 0 spiro atoms. The van der Waals surface area contributed by atoms with Gasteiger partial charge in [-0.2, -0.15) is 5.10 Å². The lowest BCUT2D eigenvalue weighted by atomic mass is 9.94. The van der Waals surface area contributed by atoms with Gasteiger partial charge in [0.2, 0.25) is 0 Å². The number of amides is 2. The zero-order chi connectivity index (χ0) is 19.8. The second kappa shape index (κ2) is 7.67. The Hall–Kier alpha value is -2.61. The number of ether oxygens (including phenoxy) is 1. The molecule has 2 amide bonds. The molecule has 0 radical (unpaired) electrons.